The highest BCUT2D eigenvalue weighted by Gasteiger charge is 2.17. The van der Waals surface area contributed by atoms with Crippen LogP contribution in [-0.2, 0) is 29.1 Å². The van der Waals surface area contributed by atoms with Crippen molar-refractivity contribution in [1.82, 2.24) is 20.2 Å². The van der Waals surface area contributed by atoms with Gasteiger partial charge in [0.05, 0.1) is 19.1 Å². The Kier molecular flexibility index (Phi) is 8.00. The van der Waals surface area contributed by atoms with Crippen molar-refractivity contribution in [2.24, 2.45) is 11.7 Å². The number of nitrogens with two attached hydrogens (primary N) is 1. The van der Waals surface area contributed by atoms with Crippen LogP contribution >= 0.6 is 0 Å². The summed E-state index contributed by atoms with van der Waals surface area (Å²) in [7, 11) is 0. The maximum absolute atomic E-state index is 11.9. The second kappa shape index (κ2) is 10.5. The molecule has 4 N–H and O–H groups in total. The third-order valence-electron chi connectivity index (χ3n) is 4.40. The van der Waals surface area contributed by atoms with E-state index in [4.69, 9.17) is 5.73 Å². The zero-order valence-electron chi connectivity index (χ0n) is 16.0. The van der Waals surface area contributed by atoms with Crippen molar-refractivity contribution in [3.8, 4) is 0 Å². The van der Waals surface area contributed by atoms with E-state index < -0.39 is 6.04 Å². The van der Waals surface area contributed by atoms with E-state index in [1.54, 1.807) is 6.20 Å². The Hall–Kier alpha value is -2.67. The fourth-order valence-corrected chi connectivity index (χ4v) is 2.64. The molecular weight excluding hydrogens is 342 g/mol. The first kappa shape index (κ1) is 20.6. The maximum atomic E-state index is 11.9. The molecule has 7 heteroatoms. The van der Waals surface area contributed by atoms with E-state index in [0.29, 0.717) is 6.54 Å². The first-order chi connectivity index (χ1) is 13.0. The van der Waals surface area contributed by atoms with Crippen LogP contribution in [0.1, 0.15) is 31.7 Å². The Labute approximate surface area is 160 Å². The first-order valence-corrected chi connectivity index (χ1v) is 9.31. The summed E-state index contributed by atoms with van der Waals surface area (Å²) in [6.07, 6.45) is 5.63. The van der Waals surface area contributed by atoms with E-state index in [1.807, 2.05) is 42.8 Å². The molecule has 0 saturated carbocycles. The maximum Gasteiger partial charge on any atom is 0.239 e. The summed E-state index contributed by atoms with van der Waals surface area (Å²) in [6.45, 7) is 4.79. The molecule has 0 spiro atoms. The summed E-state index contributed by atoms with van der Waals surface area (Å²) in [5.41, 5.74) is 7.06. The van der Waals surface area contributed by atoms with Crippen molar-refractivity contribution in [3.05, 3.63) is 54.1 Å². The number of aryl methyl sites for hydroxylation is 2. The molecule has 0 aliphatic carbocycles. The number of carbonyl (C=O) groups excluding carboxylic acids is 2. The van der Waals surface area contributed by atoms with Gasteiger partial charge in [-0.05, 0) is 24.3 Å². The van der Waals surface area contributed by atoms with E-state index in [9.17, 15) is 9.59 Å². The van der Waals surface area contributed by atoms with Crippen LogP contribution in [0.4, 0.5) is 0 Å². The van der Waals surface area contributed by atoms with Crippen LogP contribution in [0.5, 0.6) is 0 Å². The van der Waals surface area contributed by atoms with Crippen molar-refractivity contribution in [1.29, 1.82) is 0 Å². The average molecular weight is 371 g/mol. The summed E-state index contributed by atoms with van der Waals surface area (Å²) >= 11 is 0. The first-order valence-electron chi connectivity index (χ1n) is 9.31. The van der Waals surface area contributed by atoms with Crippen molar-refractivity contribution in [2.45, 2.75) is 45.8 Å². The molecule has 0 unspecified atom stereocenters. The minimum Gasteiger partial charge on any atom is -0.347 e. The number of aromatic nitrogens is 2. The Morgan fingerprint density at radius 3 is 2.63 bits per heavy atom. The molecule has 0 radical (unpaired) electrons. The smallest absolute Gasteiger partial charge is 0.239 e. The summed E-state index contributed by atoms with van der Waals surface area (Å²) in [5.74, 6) is 0.235. The molecule has 2 amide bonds. The monoisotopic (exact) mass is 371 g/mol. The zero-order valence-corrected chi connectivity index (χ0v) is 16.0. The molecule has 2 rings (SSSR count). The van der Waals surface area contributed by atoms with Crippen molar-refractivity contribution in [3.63, 3.8) is 0 Å². The third-order valence-corrected chi connectivity index (χ3v) is 4.40. The van der Waals surface area contributed by atoms with Crippen LogP contribution in [0.2, 0.25) is 0 Å². The Morgan fingerprint density at radius 1 is 1.19 bits per heavy atom. The van der Waals surface area contributed by atoms with Crippen LogP contribution in [0.25, 0.3) is 0 Å². The number of nitrogens with one attached hydrogen (secondary N) is 2. The molecule has 146 valence electrons. The molecule has 1 heterocycles. The fraction of sp³-hybridized carbons (Fsp3) is 0.450. The van der Waals surface area contributed by atoms with Gasteiger partial charge in [-0.25, -0.2) is 4.98 Å². The molecule has 0 fully saturated rings. The standard InChI is InChI=1S/C20H29N5O2/c1-15(2)19(21)20(27)24-14-18(26)23-13-17-22-10-12-25(17)11-6-9-16-7-4-3-5-8-16/h3-5,7-8,10,12,15,19H,6,9,11,13-14,21H2,1-2H3,(H,23,26)(H,24,27)/t19-/m0/s1. The van der Waals surface area contributed by atoms with E-state index >= 15 is 0 Å². The summed E-state index contributed by atoms with van der Waals surface area (Å²) in [5, 5.41) is 5.34. The van der Waals surface area contributed by atoms with E-state index in [0.717, 1.165) is 25.2 Å². The second-order valence-electron chi connectivity index (χ2n) is 6.89. The van der Waals surface area contributed by atoms with Gasteiger partial charge < -0.3 is 20.9 Å². The van der Waals surface area contributed by atoms with Gasteiger partial charge >= 0.3 is 0 Å². The van der Waals surface area contributed by atoms with E-state index in [1.165, 1.54) is 5.56 Å². The molecule has 7 nitrogen and oxygen atoms in total. The second-order valence-corrected chi connectivity index (χ2v) is 6.89. The highest BCUT2D eigenvalue weighted by molar-refractivity contribution is 5.87. The lowest BCUT2D eigenvalue weighted by molar-refractivity contribution is -0.127. The SMILES string of the molecule is CC(C)[C@H](N)C(=O)NCC(=O)NCc1nccn1CCCc1ccccc1. The van der Waals surface area contributed by atoms with Gasteiger partial charge in [0, 0.05) is 18.9 Å². The van der Waals surface area contributed by atoms with Gasteiger partial charge in [0.2, 0.25) is 11.8 Å². The predicted octanol–water partition coefficient (Wildman–Crippen LogP) is 1.23. The van der Waals surface area contributed by atoms with Gasteiger partial charge in [-0.15, -0.1) is 0 Å². The summed E-state index contributed by atoms with van der Waals surface area (Å²) in [6, 6.07) is 9.73. The van der Waals surface area contributed by atoms with Crippen LogP contribution < -0.4 is 16.4 Å². The quantitative estimate of drug-likeness (QED) is 0.584. The van der Waals surface area contributed by atoms with Gasteiger partial charge in [-0.1, -0.05) is 44.2 Å². The molecule has 2 aromatic rings. The fourth-order valence-electron chi connectivity index (χ4n) is 2.64. The minimum atomic E-state index is -0.610. The van der Waals surface area contributed by atoms with Gasteiger partial charge in [0.15, 0.2) is 0 Å². The normalized spacial score (nSPS) is 12.0. The Balaban J connectivity index is 1.72. The van der Waals surface area contributed by atoms with Crippen molar-refractivity contribution >= 4 is 11.8 Å². The lowest BCUT2D eigenvalue weighted by Gasteiger charge is -2.15. The topological polar surface area (TPSA) is 102 Å². The van der Waals surface area contributed by atoms with Crippen LogP contribution in [0.3, 0.4) is 0 Å². The Morgan fingerprint density at radius 2 is 1.93 bits per heavy atom. The molecule has 0 bridgehead atoms. The molecular formula is C20H29N5O2. The molecule has 1 aromatic heterocycles. The molecule has 27 heavy (non-hydrogen) atoms. The van der Waals surface area contributed by atoms with Crippen LogP contribution in [-0.4, -0.2) is 34.0 Å². The molecule has 0 saturated heterocycles. The number of rotatable bonds is 10. The minimum absolute atomic E-state index is 0.0245. The highest BCUT2D eigenvalue weighted by atomic mass is 16.2. The molecule has 1 aromatic carbocycles. The number of carbonyl (C=O) groups is 2. The van der Waals surface area contributed by atoms with Crippen molar-refractivity contribution in [2.75, 3.05) is 6.54 Å². The predicted molar refractivity (Wildman–Crippen MR) is 105 cm³/mol. The number of imidazole rings is 1. The molecule has 0 aliphatic rings. The Bertz CT molecular complexity index is 727. The number of hydrogen-bond acceptors (Lipinski definition) is 4. The molecule has 0 aliphatic heterocycles. The highest BCUT2D eigenvalue weighted by Crippen LogP contribution is 2.06. The summed E-state index contributed by atoms with van der Waals surface area (Å²) in [4.78, 5) is 28.0. The van der Waals surface area contributed by atoms with Gasteiger partial charge in [-0.3, -0.25) is 9.59 Å². The zero-order chi connectivity index (χ0) is 19.6. The van der Waals surface area contributed by atoms with Crippen LogP contribution in [0.15, 0.2) is 42.7 Å². The average Bonchev–Trinajstić information content (AvgIpc) is 3.12. The van der Waals surface area contributed by atoms with E-state index in [2.05, 4.69) is 27.8 Å². The van der Waals surface area contributed by atoms with Crippen molar-refractivity contribution < 1.29 is 9.59 Å². The number of benzene rings is 1. The van der Waals surface area contributed by atoms with Gasteiger partial charge in [-0.2, -0.15) is 0 Å². The van der Waals surface area contributed by atoms with Gasteiger partial charge in [0.25, 0.3) is 0 Å². The number of nitrogens with zero attached hydrogens (tertiary/aromatic N) is 2. The lowest BCUT2D eigenvalue weighted by Crippen LogP contribution is -2.47. The third kappa shape index (κ3) is 6.86. The molecule has 1 atom stereocenters. The number of amides is 2. The van der Waals surface area contributed by atoms with E-state index in [-0.39, 0.29) is 24.3 Å². The largest absolute Gasteiger partial charge is 0.347 e. The summed E-state index contributed by atoms with van der Waals surface area (Å²) < 4.78 is 2.04. The van der Waals surface area contributed by atoms with Crippen LogP contribution in [0, 0.1) is 5.92 Å². The van der Waals surface area contributed by atoms with Gasteiger partial charge in [0.1, 0.15) is 5.82 Å². The lowest BCUT2D eigenvalue weighted by atomic mass is 10.1. The number of hydrogen-bond donors (Lipinski definition) is 3.